The Kier molecular flexibility index (Phi) is 5.17. The summed E-state index contributed by atoms with van der Waals surface area (Å²) in [7, 11) is 4.07. The van der Waals surface area contributed by atoms with Crippen LogP contribution in [0.4, 0.5) is 4.39 Å². The Labute approximate surface area is 143 Å². The standard InChI is InChI=1S/C20H25FN2O/c1-14-10-16(12-17(21)11-14)20-19-5-4-18(24-9-8-23(2)3)13-15(19)6-7-22-20/h4-5,10-13,20,22H,6-9H2,1-3H3. The molecule has 128 valence electrons. The molecule has 1 heterocycles. The van der Waals surface area contributed by atoms with Gasteiger partial charge in [-0.3, -0.25) is 0 Å². The molecule has 4 heteroatoms. The summed E-state index contributed by atoms with van der Waals surface area (Å²) < 4.78 is 19.6. The molecule has 2 aromatic rings. The summed E-state index contributed by atoms with van der Waals surface area (Å²) in [6.45, 7) is 4.38. The van der Waals surface area contributed by atoms with E-state index in [1.807, 2.05) is 27.1 Å². The second kappa shape index (κ2) is 7.32. The normalized spacial score (nSPS) is 17.0. The first-order valence-electron chi connectivity index (χ1n) is 8.44. The zero-order valence-corrected chi connectivity index (χ0v) is 14.6. The van der Waals surface area contributed by atoms with Crippen molar-refractivity contribution in [2.24, 2.45) is 0 Å². The SMILES string of the molecule is Cc1cc(F)cc(C2NCCc3cc(OCCN(C)C)ccc32)c1. The van der Waals surface area contributed by atoms with Crippen LogP contribution >= 0.6 is 0 Å². The van der Waals surface area contributed by atoms with Crippen molar-refractivity contribution in [3.63, 3.8) is 0 Å². The molecule has 1 N–H and O–H groups in total. The number of halogens is 1. The van der Waals surface area contributed by atoms with Crippen molar-refractivity contribution in [3.8, 4) is 5.75 Å². The van der Waals surface area contributed by atoms with Crippen LogP contribution in [-0.2, 0) is 6.42 Å². The van der Waals surface area contributed by atoms with Crippen LogP contribution in [-0.4, -0.2) is 38.7 Å². The van der Waals surface area contributed by atoms with E-state index in [1.54, 1.807) is 12.1 Å². The van der Waals surface area contributed by atoms with Gasteiger partial charge in [-0.15, -0.1) is 0 Å². The van der Waals surface area contributed by atoms with Gasteiger partial charge in [-0.1, -0.05) is 12.1 Å². The molecule has 0 aliphatic carbocycles. The Balaban J connectivity index is 1.83. The van der Waals surface area contributed by atoms with E-state index < -0.39 is 0 Å². The third-order valence-corrected chi connectivity index (χ3v) is 4.37. The lowest BCUT2D eigenvalue weighted by Crippen LogP contribution is -2.30. The van der Waals surface area contributed by atoms with Crippen molar-refractivity contribution >= 4 is 0 Å². The number of aryl methyl sites for hydroxylation is 1. The van der Waals surface area contributed by atoms with Crippen LogP contribution in [0.25, 0.3) is 0 Å². The van der Waals surface area contributed by atoms with E-state index in [9.17, 15) is 4.39 Å². The highest BCUT2D eigenvalue weighted by Gasteiger charge is 2.22. The zero-order chi connectivity index (χ0) is 17.1. The van der Waals surface area contributed by atoms with Crippen molar-refractivity contribution in [2.75, 3.05) is 33.8 Å². The molecule has 24 heavy (non-hydrogen) atoms. The summed E-state index contributed by atoms with van der Waals surface area (Å²) in [5.74, 6) is 0.731. The molecule has 3 nitrogen and oxygen atoms in total. The van der Waals surface area contributed by atoms with E-state index in [-0.39, 0.29) is 11.9 Å². The first-order chi connectivity index (χ1) is 11.5. The van der Waals surface area contributed by atoms with Crippen LogP contribution in [0, 0.1) is 12.7 Å². The number of benzene rings is 2. The van der Waals surface area contributed by atoms with E-state index in [4.69, 9.17) is 4.74 Å². The number of ether oxygens (including phenoxy) is 1. The quantitative estimate of drug-likeness (QED) is 0.911. The van der Waals surface area contributed by atoms with E-state index in [2.05, 4.69) is 28.4 Å². The van der Waals surface area contributed by atoms with Crippen molar-refractivity contribution in [1.29, 1.82) is 0 Å². The maximum Gasteiger partial charge on any atom is 0.123 e. The number of hydrogen-bond donors (Lipinski definition) is 1. The molecular formula is C20H25FN2O. The maximum absolute atomic E-state index is 13.8. The molecule has 3 rings (SSSR count). The molecule has 1 aliphatic heterocycles. The monoisotopic (exact) mass is 328 g/mol. The zero-order valence-electron chi connectivity index (χ0n) is 14.6. The molecule has 1 atom stereocenters. The Hall–Kier alpha value is -1.91. The lowest BCUT2D eigenvalue weighted by Gasteiger charge is -2.28. The number of nitrogens with zero attached hydrogens (tertiary/aromatic N) is 1. The fraction of sp³-hybridized carbons (Fsp3) is 0.400. The van der Waals surface area contributed by atoms with Gasteiger partial charge in [-0.25, -0.2) is 4.39 Å². The highest BCUT2D eigenvalue weighted by Crippen LogP contribution is 2.32. The van der Waals surface area contributed by atoms with Gasteiger partial charge in [0.1, 0.15) is 18.2 Å². The minimum Gasteiger partial charge on any atom is -0.492 e. The number of nitrogens with one attached hydrogen (secondary N) is 1. The Bertz CT molecular complexity index is 695. The van der Waals surface area contributed by atoms with Gasteiger partial charge in [-0.2, -0.15) is 0 Å². The second-order valence-electron chi connectivity index (χ2n) is 6.71. The van der Waals surface area contributed by atoms with Gasteiger partial charge < -0.3 is 15.0 Å². The van der Waals surface area contributed by atoms with Crippen molar-refractivity contribution in [1.82, 2.24) is 10.2 Å². The van der Waals surface area contributed by atoms with Crippen LogP contribution in [0.5, 0.6) is 5.75 Å². The molecule has 2 aromatic carbocycles. The van der Waals surface area contributed by atoms with Gasteiger partial charge in [0.05, 0.1) is 6.04 Å². The van der Waals surface area contributed by atoms with E-state index in [1.165, 1.54) is 11.1 Å². The topological polar surface area (TPSA) is 24.5 Å². The van der Waals surface area contributed by atoms with E-state index in [0.717, 1.165) is 36.4 Å². The van der Waals surface area contributed by atoms with Crippen molar-refractivity contribution < 1.29 is 9.13 Å². The maximum atomic E-state index is 13.8. The minimum atomic E-state index is -0.178. The molecule has 0 bridgehead atoms. The summed E-state index contributed by atoms with van der Waals surface area (Å²) in [6, 6.07) is 11.5. The van der Waals surface area contributed by atoms with Gasteiger partial charge >= 0.3 is 0 Å². The molecule has 0 fully saturated rings. The second-order valence-corrected chi connectivity index (χ2v) is 6.71. The molecule has 0 radical (unpaired) electrons. The predicted octanol–water partition coefficient (Wildman–Crippen LogP) is 3.31. The lowest BCUT2D eigenvalue weighted by atomic mass is 9.89. The van der Waals surface area contributed by atoms with Gasteiger partial charge in [0.25, 0.3) is 0 Å². The average molecular weight is 328 g/mol. The molecule has 0 saturated heterocycles. The van der Waals surface area contributed by atoms with Crippen molar-refractivity contribution in [3.05, 3.63) is 64.5 Å². The first-order valence-corrected chi connectivity index (χ1v) is 8.44. The molecule has 0 aromatic heterocycles. The molecule has 0 saturated carbocycles. The van der Waals surface area contributed by atoms with E-state index in [0.29, 0.717) is 6.61 Å². The lowest BCUT2D eigenvalue weighted by molar-refractivity contribution is 0.261. The number of fused-ring (bicyclic) bond motifs is 1. The third-order valence-electron chi connectivity index (χ3n) is 4.37. The number of rotatable bonds is 5. The van der Waals surface area contributed by atoms with Gasteiger partial charge in [0.15, 0.2) is 0 Å². The molecular weight excluding hydrogens is 303 g/mol. The molecule has 0 amide bonds. The average Bonchev–Trinajstić information content (AvgIpc) is 2.53. The fourth-order valence-electron chi connectivity index (χ4n) is 3.21. The predicted molar refractivity (Wildman–Crippen MR) is 95.2 cm³/mol. The van der Waals surface area contributed by atoms with Crippen molar-refractivity contribution in [2.45, 2.75) is 19.4 Å². The van der Waals surface area contributed by atoms with Crippen LogP contribution < -0.4 is 10.1 Å². The molecule has 0 spiro atoms. The van der Waals surface area contributed by atoms with Gasteiger partial charge in [0, 0.05) is 13.1 Å². The summed E-state index contributed by atoms with van der Waals surface area (Å²) >= 11 is 0. The van der Waals surface area contributed by atoms with Crippen LogP contribution in [0.15, 0.2) is 36.4 Å². The summed E-state index contributed by atoms with van der Waals surface area (Å²) in [4.78, 5) is 2.10. The first kappa shape index (κ1) is 16.9. The van der Waals surface area contributed by atoms with Crippen LogP contribution in [0.1, 0.15) is 28.3 Å². The van der Waals surface area contributed by atoms with Crippen LogP contribution in [0.2, 0.25) is 0 Å². The van der Waals surface area contributed by atoms with Gasteiger partial charge in [0.2, 0.25) is 0 Å². The fourth-order valence-corrected chi connectivity index (χ4v) is 3.21. The minimum absolute atomic E-state index is 0.0407. The smallest absolute Gasteiger partial charge is 0.123 e. The van der Waals surface area contributed by atoms with E-state index >= 15 is 0 Å². The largest absolute Gasteiger partial charge is 0.492 e. The highest BCUT2D eigenvalue weighted by molar-refractivity contribution is 5.44. The summed E-state index contributed by atoms with van der Waals surface area (Å²) in [6.07, 6.45) is 0.963. The number of hydrogen-bond acceptors (Lipinski definition) is 3. The van der Waals surface area contributed by atoms with Crippen LogP contribution in [0.3, 0.4) is 0 Å². The molecule has 1 unspecified atom stereocenters. The molecule has 1 aliphatic rings. The Morgan fingerprint density at radius 3 is 2.79 bits per heavy atom. The number of likely N-dealkylation sites (N-methyl/N-ethyl adjacent to an activating group) is 1. The highest BCUT2D eigenvalue weighted by atomic mass is 19.1. The van der Waals surface area contributed by atoms with Gasteiger partial charge in [-0.05, 0) is 74.0 Å². The Morgan fingerprint density at radius 2 is 2.04 bits per heavy atom. The summed E-state index contributed by atoms with van der Waals surface area (Å²) in [5, 5.41) is 3.51. The third kappa shape index (κ3) is 3.94. The Morgan fingerprint density at radius 1 is 1.21 bits per heavy atom. The summed E-state index contributed by atoms with van der Waals surface area (Å²) in [5.41, 5.74) is 4.42.